The zero-order valence-corrected chi connectivity index (χ0v) is 19.3. The van der Waals surface area contributed by atoms with Crippen LogP contribution in [0.15, 0.2) is 97.6 Å². The number of aromatic nitrogens is 2. The second kappa shape index (κ2) is 11.7. The van der Waals surface area contributed by atoms with Crippen molar-refractivity contribution in [3.05, 3.63) is 114 Å². The van der Waals surface area contributed by atoms with Gasteiger partial charge in [0.1, 0.15) is 6.61 Å². The van der Waals surface area contributed by atoms with Gasteiger partial charge in [0.2, 0.25) is 0 Å². The lowest BCUT2D eigenvalue weighted by molar-refractivity contribution is 0.0739. The molecule has 4 aromatic rings. The lowest BCUT2D eigenvalue weighted by atomic mass is 10.1. The van der Waals surface area contributed by atoms with Gasteiger partial charge >= 0.3 is 0 Å². The van der Waals surface area contributed by atoms with Gasteiger partial charge in [-0.05, 0) is 41.8 Å². The normalized spacial score (nSPS) is 10.6. The molecule has 0 aliphatic rings. The quantitative estimate of drug-likeness (QED) is 0.312. The highest BCUT2D eigenvalue weighted by Gasteiger charge is 2.17. The number of aryl methyl sites for hydroxylation is 1. The van der Waals surface area contributed by atoms with E-state index in [1.165, 1.54) is 0 Å². The highest BCUT2D eigenvalue weighted by molar-refractivity contribution is 5.94. The Morgan fingerprint density at radius 1 is 0.941 bits per heavy atom. The van der Waals surface area contributed by atoms with Crippen LogP contribution < -0.4 is 9.47 Å². The van der Waals surface area contributed by atoms with E-state index in [-0.39, 0.29) is 5.91 Å². The fourth-order valence-electron chi connectivity index (χ4n) is 3.76. The van der Waals surface area contributed by atoms with Crippen molar-refractivity contribution in [1.29, 1.82) is 0 Å². The minimum atomic E-state index is 0.00889. The number of benzene rings is 3. The molecule has 1 amide bonds. The van der Waals surface area contributed by atoms with E-state index in [1.807, 2.05) is 94.5 Å². The third-order valence-corrected chi connectivity index (χ3v) is 5.55. The predicted molar refractivity (Wildman–Crippen MR) is 132 cm³/mol. The molecular weight excluding hydrogens is 426 g/mol. The average molecular weight is 456 g/mol. The topological polar surface area (TPSA) is 56.6 Å². The monoisotopic (exact) mass is 455 g/mol. The maximum atomic E-state index is 13.3. The molecule has 6 heteroatoms. The van der Waals surface area contributed by atoms with Crippen LogP contribution in [0.1, 0.15) is 27.9 Å². The maximum absolute atomic E-state index is 13.3. The molecule has 0 saturated carbocycles. The Kier molecular flexibility index (Phi) is 7.95. The van der Waals surface area contributed by atoms with E-state index in [1.54, 1.807) is 19.6 Å². The van der Waals surface area contributed by atoms with Crippen LogP contribution in [0.5, 0.6) is 11.5 Å². The first kappa shape index (κ1) is 23.1. The van der Waals surface area contributed by atoms with Crippen molar-refractivity contribution in [3.63, 3.8) is 0 Å². The Labute approximate surface area is 200 Å². The number of carbonyl (C=O) groups is 1. The number of methoxy groups -OCH3 is 1. The van der Waals surface area contributed by atoms with Gasteiger partial charge in [-0.3, -0.25) is 4.79 Å². The SMILES string of the molecule is COc1cc(CN(CCCn2ccnc2)C(=O)c2ccccc2)ccc1OCc1ccccc1. The molecular formula is C28H29N3O3. The van der Waals surface area contributed by atoms with Gasteiger partial charge < -0.3 is 18.9 Å². The maximum Gasteiger partial charge on any atom is 0.254 e. The third-order valence-electron chi connectivity index (χ3n) is 5.55. The van der Waals surface area contributed by atoms with Crippen LogP contribution >= 0.6 is 0 Å². The molecule has 1 aromatic heterocycles. The Morgan fingerprint density at radius 3 is 2.41 bits per heavy atom. The number of ether oxygens (including phenoxy) is 2. The second-order valence-electron chi connectivity index (χ2n) is 8.01. The van der Waals surface area contributed by atoms with Crippen LogP contribution in [0.2, 0.25) is 0 Å². The standard InChI is InChI=1S/C28H29N3O3/c1-33-27-19-24(13-14-26(27)34-21-23-9-4-2-5-10-23)20-31(17-8-16-30-18-15-29-22-30)28(32)25-11-6-3-7-12-25/h2-7,9-15,18-19,22H,8,16-17,20-21H2,1H3. The molecule has 0 saturated heterocycles. The molecule has 0 bridgehead atoms. The van der Waals surface area contributed by atoms with Crippen LogP contribution in [0.4, 0.5) is 0 Å². The van der Waals surface area contributed by atoms with E-state index in [4.69, 9.17) is 9.47 Å². The molecule has 4 rings (SSSR count). The first-order valence-corrected chi connectivity index (χ1v) is 11.4. The summed E-state index contributed by atoms with van der Waals surface area (Å²) in [6.45, 7) is 2.37. The number of hydrogen-bond acceptors (Lipinski definition) is 4. The lowest BCUT2D eigenvalue weighted by Gasteiger charge is -2.24. The number of imidazole rings is 1. The van der Waals surface area contributed by atoms with Crippen LogP contribution in [0.25, 0.3) is 0 Å². The van der Waals surface area contributed by atoms with E-state index >= 15 is 0 Å². The summed E-state index contributed by atoms with van der Waals surface area (Å²) in [5, 5.41) is 0. The van der Waals surface area contributed by atoms with Gasteiger partial charge in [0.25, 0.3) is 5.91 Å². The molecule has 6 nitrogen and oxygen atoms in total. The predicted octanol–water partition coefficient (Wildman–Crippen LogP) is 5.20. The van der Waals surface area contributed by atoms with E-state index in [0.717, 1.165) is 24.1 Å². The highest BCUT2D eigenvalue weighted by atomic mass is 16.5. The van der Waals surface area contributed by atoms with Crippen LogP contribution in [0.3, 0.4) is 0 Å². The lowest BCUT2D eigenvalue weighted by Crippen LogP contribution is -2.32. The number of nitrogens with zero attached hydrogens (tertiary/aromatic N) is 3. The van der Waals surface area contributed by atoms with Crippen molar-refractivity contribution in [2.24, 2.45) is 0 Å². The van der Waals surface area contributed by atoms with Gasteiger partial charge in [-0.15, -0.1) is 0 Å². The summed E-state index contributed by atoms with van der Waals surface area (Å²) in [5.41, 5.74) is 2.75. The summed E-state index contributed by atoms with van der Waals surface area (Å²) in [6, 6.07) is 25.3. The van der Waals surface area contributed by atoms with Crippen molar-refractivity contribution < 1.29 is 14.3 Å². The molecule has 0 spiro atoms. The smallest absolute Gasteiger partial charge is 0.254 e. The molecule has 174 valence electrons. The van der Waals surface area contributed by atoms with Crippen molar-refractivity contribution in [1.82, 2.24) is 14.5 Å². The molecule has 0 fully saturated rings. The Morgan fingerprint density at radius 2 is 1.71 bits per heavy atom. The molecule has 0 aliphatic carbocycles. The van der Waals surface area contributed by atoms with Gasteiger partial charge in [-0.2, -0.15) is 0 Å². The molecule has 0 aliphatic heterocycles. The fourth-order valence-corrected chi connectivity index (χ4v) is 3.76. The van der Waals surface area contributed by atoms with Crippen molar-refractivity contribution in [2.45, 2.75) is 26.1 Å². The summed E-state index contributed by atoms with van der Waals surface area (Å²) in [7, 11) is 1.63. The molecule has 0 atom stereocenters. The Balaban J connectivity index is 1.46. The van der Waals surface area contributed by atoms with Gasteiger partial charge in [0.05, 0.1) is 13.4 Å². The number of hydrogen-bond donors (Lipinski definition) is 0. The van der Waals surface area contributed by atoms with Crippen LogP contribution in [-0.4, -0.2) is 34.0 Å². The number of rotatable bonds is 11. The van der Waals surface area contributed by atoms with E-state index in [2.05, 4.69) is 4.98 Å². The van der Waals surface area contributed by atoms with Crippen molar-refractivity contribution in [3.8, 4) is 11.5 Å². The first-order valence-electron chi connectivity index (χ1n) is 11.4. The molecule has 0 radical (unpaired) electrons. The van der Waals surface area contributed by atoms with Gasteiger partial charge in [0.15, 0.2) is 11.5 Å². The number of amides is 1. The second-order valence-corrected chi connectivity index (χ2v) is 8.01. The summed E-state index contributed by atoms with van der Waals surface area (Å²) < 4.78 is 13.6. The molecule has 0 unspecified atom stereocenters. The van der Waals surface area contributed by atoms with E-state index < -0.39 is 0 Å². The third kappa shape index (κ3) is 6.25. The summed E-state index contributed by atoms with van der Waals surface area (Å²) in [5.74, 6) is 1.34. The molecule has 34 heavy (non-hydrogen) atoms. The van der Waals surface area contributed by atoms with Crippen molar-refractivity contribution in [2.75, 3.05) is 13.7 Å². The van der Waals surface area contributed by atoms with Gasteiger partial charge in [-0.25, -0.2) is 4.98 Å². The highest BCUT2D eigenvalue weighted by Crippen LogP contribution is 2.29. The summed E-state index contributed by atoms with van der Waals surface area (Å²) in [4.78, 5) is 19.2. The zero-order valence-electron chi connectivity index (χ0n) is 19.3. The first-order chi connectivity index (χ1) is 16.7. The van der Waals surface area contributed by atoms with Crippen LogP contribution in [0, 0.1) is 0 Å². The minimum Gasteiger partial charge on any atom is -0.493 e. The Bertz CT molecular complexity index is 1160. The summed E-state index contributed by atoms with van der Waals surface area (Å²) >= 11 is 0. The van der Waals surface area contributed by atoms with E-state index in [9.17, 15) is 4.79 Å². The fraction of sp³-hybridized carbons (Fsp3) is 0.214. The van der Waals surface area contributed by atoms with Gasteiger partial charge in [0, 0.05) is 37.6 Å². The van der Waals surface area contributed by atoms with Crippen LogP contribution in [-0.2, 0) is 19.7 Å². The molecule has 1 heterocycles. The average Bonchev–Trinajstić information content (AvgIpc) is 3.41. The molecule has 3 aromatic carbocycles. The largest absolute Gasteiger partial charge is 0.493 e. The number of carbonyl (C=O) groups excluding carboxylic acids is 1. The van der Waals surface area contributed by atoms with Crippen molar-refractivity contribution >= 4 is 5.91 Å². The zero-order chi connectivity index (χ0) is 23.6. The van der Waals surface area contributed by atoms with E-state index in [0.29, 0.717) is 36.8 Å². The minimum absolute atomic E-state index is 0.00889. The Hall–Kier alpha value is -4.06. The van der Waals surface area contributed by atoms with Gasteiger partial charge in [-0.1, -0.05) is 54.6 Å². The summed E-state index contributed by atoms with van der Waals surface area (Å²) in [6.07, 6.45) is 6.32. The molecule has 0 N–H and O–H groups in total.